The molecule has 9 nitrogen and oxygen atoms in total. The van der Waals surface area contributed by atoms with E-state index < -0.39 is 48.4 Å². The second kappa shape index (κ2) is 11.7. The molecule has 1 fully saturated rings. The van der Waals surface area contributed by atoms with Crippen LogP contribution in [0.1, 0.15) is 49.9 Å². The molecule has 1 saturated carbocycles. The summed E-state index contributed by atoms with van der Waals surface area (Å²) in [4.78, 5) is 13.5. The van der Waals surface area contributed by atoms with Crippen molar-refractivity contribution in [3.8, 4) is 11.5 Å². The third-order valence-electron chi connectivity index (χ3n) is 8.35. The lowest BCUT2D eigenvalue weighted by molar-refractivity contribution is -0.286. The highest BCUT2D eigenvalue weighted by molar-refractivity contribution is 5.95. The van der Waals surface area contributed by atoms with Gasteiger partial charge in [0.1, 0.15) is 17.7 Å². The Hall–Kier alpha value is -3.16. The Morgan fingerprint density at radius 2 is 1.74 bits per heavy atom. The smallest absolute Gasteiger partial charge is 0.395 e. The highest BCUT2D eigenvalue weighted by Crippen LogP contribution is 2.52. The van der Waals surface area contributed by atoms with E-state index in [1.807, 2.05) is 19.9 Å². The molecular weight excluding hydrogens is 571 g/mol. The second-order valence-electron chi connectivity index (χ2n) is 12.0. The van der Waals surface area contributed by atoms with Gasteiger partial charge in [0.2, 0.25) is 0 Å². The van der Waals surface area contributed by atoms with Gasteiger partial charge in [-0.3, -0.25) is 4.79 Å². The number of halogens is 3. The van der Waals surface area contributed by atoms with E-state index in [1.165, 1.54) is 18.2 Å². The molecule has 0 unspecified atom stereocenters. The first-order valence-electron chi connectivity index (χ1n) is 14.2. The molecule has 5 rings (SSSR count). The van der Waals surface area contributed by atoms with E-state index in [1.54, 1.807) is 16.7 Å². The Morgan fingerprint density at radius 1 is 1.05 bits per heavy atom. The SMILES string of the molecule is CC(C)(CCOC[C@@H](O)CO)c1cc2cc(CC(=O)C3(c4ccc5c(c4)OC(F)(F)O5)CC3)c(F)cc2n1C[C@@H](O)CO. The van der Waals surface area contributed by atoms with Crippen molar-refractivity contribution in [1.29, 1.82) is 0 Å². The van der Waals surface area contributed by atoms with E-state index in [0.717, 1.165) is 5.69 Å². The molecule has 0 spiro atoms. The summed E-state index contributed by atoms with van der Waals surface area (Å²) in [6.07, 6.45) is -4.57. The summed E-state index contributed by atoms with van der Waals surface area (Å²) >= 11 is 0. The number of carbonyl (C=O) groups excluding carboxylic acids is 1. The van der Waals surface area contributed by atoms with Gasteiger partial charge in [-0.2, -0.15) is 0 Å². The van der Waals surface area contributed by atoms with E-state index >= 15 is 4.39 Å². The van der Waals surface area contributed by atoms with Gasteiger partial charge in [0.25, 0.3) is 0 Å². The van der Waals surface area contributed by atoms with Crippen LogP contribution in [0.4, 0.5) is 13.2 Å². The first-order valence-corrected chi connectivity index (χ1v) is 14.2. The third kappa shape index (κ3) is 6.39. The molecular formula is C31H36F3NO8. The molecule has 2 aromatic carbocycles. The van der Waals surface area contributed by atoms with Crippen LogP contribution in [0.15, 0.2) is 36.4 Å². The Balaban J connectivity index is 1.40. The zero-order valence-corrected chi connectivity index (χ0v) is 24.0. The molecule has 4 N–H and O–H groups in total. The number of hydrogen-bond donors (Lipinski definition) is 4. The number of hydrogen-bond acceptors (Lipinski definition) is 8. The van der Waals surface area contributed by atoms with E-state index in [-0.39, 0.29) is 49.0 Å². The Labute approximate surface area is 246 Å². The number of aliphatic hydroxyl groups is 4. The molecule has 43 heavy (non-hydrogen) atoms. The summed E-state index contributed by atoms with van der Waals surface area (Å²) in [6, 6.07) is 9.07. The Kier molecular flexibility index (Phi) is 8.53. The van der Waals surface area contributed by atoms with Gasteiger partial charge >= 0.3 is 6.29 Å². The predicted octanol–water partition coefficient (Wildman–Crippen LogP) is 3.34. The summed E-state index contributed by atoms with van der Waals surface area (Å²) in [5, 5.41) is 38.9. The number of carbonyl (C=O) groups is 1. The fraction of sp³-hybridized carbons (Fsp3) is 0.516. The molecule has 0 saturated heterocycles. The first-order chi connectivity index (χ1) is 20.3. The molecule has 2 aliphatic rings. The maximum atomic E-state index is 15.6. The van der Waals surface area contributed by atoms with Gasteiger partial charge in [0.15, 0.2) is 11.5 Å². The largest absolute Gasteiger partial charge is 0.586 e. The topological polar surface area (TPSA) is 131 Å². The zero-order chi connectivity index (χ0) is 31.2. The number of benzene rings is 2. The maximum Gasteiger partial charge on any atom is 0.586 e. The number of aromatic nitrogens is 1. The average Bonchev–Trinajstić information content (AvgIpc) is 3.61. The van der Waals surface area contributed by atoms with Crippen molar-refractivity contribution in [2.24, 2.45) is 0 Å². The van der Waals surface area contributed by atoms with E-state index in [4.69, 9.17) is 9.84 Å². The fourth-order valence-electron chi connectivity index (χ4n) is 5.66. The van der Waals surface area contributed by atoms with Crippen LogP contribution >= 0.6 is 0 Å². The number of fused-ring (bicyclic) bond motifs is 2. The summed E-state index contributed by atoms with van der Waals surface area (Å²) in [6.45, 7) is 3.25. The standard InChI is InChI=1S/C31H36F3NO8/c1-29(2,7-8-41-17-22(39)16-37)27-10-19-9-18(23(32)13-24(19)35(27)14-21(38)15-36)11-28(40)30(5-6-30)20-3-4-25-26(12-20)43-31(33,34)42-25/h3-4,9-10,12-13,21-22,36-39H,5-8,11,14-17H2,1-2H3/t21-,22+/m1/s1. The molecule has 1 aliphatic heterocycles. The monoisotopic (exact) mass is 607 g/mol. The molecule has 234 valence electrons. The minimum atomic E-state index is -3.77. The number of Topliss-reactive ketones (excluding diaryl/α,β-unsaturated/α-hetero) is 1. The van der Waals surface area contributed by atoms with Crippen LogP contribution in [0.3, 0.4) is 0 Å². The number of rotatable bonds is 14. The molecule has 3 aromatic rings. The lowest BCUT2D eigenvalue weighted by atomic mass is 9.85. The minimum absolute atomic E-state index is 0.00678. The lowest BCUT2D eigenvalue weighted by Gasteiger charge is -2.28. The predicted molar refractivity (Wildman–Crippen MR) is 149 cm³/mol. The van der Waals surface area contributed by atoms with Gasteiger partial charge in [-0.25, -0.2) is 4.39 Å². The van der Waals surface area contributed by atoms with Gasteiger partial charge in [-0.05, 0) is 60.7 Å². The number of aliphatic hydroxyl groups excluding tert-OH is 4. The van der Waals surface area contributed by atoms with Gasteiger partial charge in [0, 0.05) is 29.5 Å². The number of ether oxygens (including phenoxy) is 3. The van der Waals surface area contributed by atoms with Crippen molar-refractivity contribution >= 4 is 16.7 Å². The van der Waals surface area contributed by atoms with Crippen LogP contribution in [-0.4, -0.2) is 75.7 Å². The summed E-state index contributed by atoms with van der Waals surface area (Å²) in [5.41, 5.74) is 0.464. The van der Waals surface area contributed by atoms with Crippen molar-refractivity contribution in [1.82, 2.24) is 4.57 Å². The third-order valence-corrected chi connectivity index (χ3v) is 8.35. The van der Waals surface area contributed by atoms with E-state index in [9.17, 15) is 28.9 Å². The Bertz CT molecular complexity index is 1500. The molecule has 0 amide bonds. The zero-order valence-electron chi connectivity index (χ0n) is 24.0. The molecule has 0 radical (unpaired) electrons. The molecule has 2 atom stereocenters. The number of ketones is 1. The van der Waals surface area contributed by atoms with Crippen LogP contribution < -0.4 is 9.47 Å². The quantitative estimate of drug-likeness (QED) is 0.206. The molecule has 1 aromatic heterocycles. The lowest BCUT2D eigenvalue weighted by Crippen LogP contribution is -2.28. The van der Waals surface area contributed by atoms with Crippen LogP contribution in [-0.2, 0) is 33.3 Å². The normalized spacial score (nSPS) is 18.2. The van der Waals surface area contributed by atoms with Crippen LogP contribution in [0.25, 0.3) is 10.9 Å². The molecule has 0 bridgehead atoms. The first kappa shape index (κ1) is 31.3. The van der Waals surface area contributed by atoms with Crippen LogP contribution in [0, 0.1) is 5.82 Å². The van der Waals surface area contributed by atoms with Crippen molar-refractivity contribution < 1.29 is 52.6 Å². The van der Waals surface area contributed by atoms with Crippen LogP contribution in [0.2, 0.25) is 0 Å². The van der Waals surface area contributed by atoms with Gasteiger partial charge in [0.05, 0.1) is 43.4 Å². The summed E-state index contributed by atoms with van der Waals surface area (Å²) in [7, 11) is 0. The van der Waals surface area contributed by atoms with Gasteiger partial charge < -0.3 is 39.2 Å². The van der Waals surface area contributed by atoms with Crippen LogP contribution in [0.5, 0.6) is 11.5 Å². The number of alkyl halides is 2. The fourth-order valence-corrected chi connectivity index (χ4v) is 5.66. The van der Waals surface area contributed by atoms with Crippen molar-refractivity contribution in [2.75, 3.05) is 26.4 Å². The number of nitrogens with zero attached hydrogens (tertiary/aromatic N) is 1. The molecule has 1 aliphatic carbocycles. The summed E-state index contributed by atoms with van der Waals surface area (Å²) in [5.74, 6) is -1.11. The average molecular weight is 608 g/mol. The highest BCUT2D eigenvalue weighted by Gasteiger charge is 2.52. The molecule has 2 heterocycles. The van der Waals surface area contributed by atoms with Crippen molar-refractivity contribution in [2.45, 2.75) is 75.4 Å². The Morgan fingerprint density at radius 3 is 2.42 bits per heavy atom. The second-order valence-corrected chi connectivity index (χ2v) is 12.0. The summed E-state index contributed by atoms with van der Waals surface area (Å²) < 4.78 is 58.8. The van der Waals surface area contributed by atoms with E-state index in [0.29, 0.717) is 35.7 Å². The maximum absolute atomic E-state index is 15.6. The van der Waals surface area contributed by atoms with Crippen molar-refractivity contribution in [3.63, 3.8) is 0 Å². The minimum Gasteiger partial charge on any atom is -0.395 e. The van der Waals surface area contributed by atoms with Gasteiger partial charge in [-0.1, -0.05) is 19.9 Å². The highest BCUT2D eigenvalue weighted by atomic mass is 19.3. The van der Waals surface area contributed by atoms with E-state index in [2.05, 4.69) is 9.47 Å². The van der Waals surface area contributed by atoms with Gasteiger partial charge in [-0.15, -0.1) is 8.78 Å². The van der Waals surface area contributed by atoms with Crippen molar-refractivity contribution in [3.05, 3.63) is 59.0 Å². The molecule has 12 heteroatoms.